The molecule has 2 nitrogen and oxygen atoms in total. The second-order valence-electron chi connectivity index (χ2n) is 2.72. The van der Waals surface area contributed by atoms with E-state index in [1.165, 1.54) is 0 Å². The molecule has 0 spiro atoms. The first kappa shape index (κ1) is 8.92. The maximum atomic E-state index is 9.53. The molecule has 0 radical (unpaired) electrons. The second kappa shape index (κ2) is 3.18. The van der Waals surface area contributed by atoms with Crippen LogP contribution in [0.5, 0.6) is 0 Å². The Morgan fingerprint density at radius 3 is 2.22 bits per heavy atom. The Hall–Kier alpha value is -0.0800. The van der Waals surface area contributed by atoms with Crippen molar-refractivity contribution in [3.8, 4) is 0 Å². The molecule has 9 heavy (non-hydrogen) atoms. The highest BCUT2D eigenvalue weighted by Crippen LogP contribution is 2.12. The van der Waals surface area contributed by atoms with Crippen LogP contribution in [0.15, 0.2) is 0 Å². The van der Waals surface area contributed by atoms with Crippen molar-refractivity contribution in [2.45, 2.75) is 38.8 Å². The molecule has 0 bridgehead atoms. The summed E-state index contributed by atoms with van der Waals surface area (Å²) in [5.74, 6) is 0. The molecule has 0 fully saturated rings. The Morgan fingerprint density at radius 2 is 2.11 bits per heavy atom. The third-order valence-corrected chi connectivity index (χ3v) is 2.08. The van der Waals surface area contributed by atoms with Crippen LogP contribution in [0, 0.1) is 0 Å². The maximum absolute atomic E-state index is 9.53. The lowest BCUT2D eigenvalue weighted by Gasteiger charge is -2.28. The molecular formula is C7H17NO. The Kier molecular flexibility index (Phi) is 3.15. The summed E-state index contributed by atoms with van der Waals surface area (Å²) in [6.07, 6.45) is 0.787. The van der Waals surface area contributed by atoms with Gasteiger partial charge in [-0.1, -0.05) is 6.92 Å². The molecule has 2 unspecified atom stereocenters. The Balaban J connectivity index is 3.80. The predicted octanol–water partition coefficient (Wildman–Crippen LogP) is 0.755. The van der Waals surface area contributed by atoms with E-state index in [2.05, 4.69) is 5.32 Å². The number of hydrogen-bond donors (Lipinski definition) is 2. The van der Waals surface area contributed by atoms with Crippen LogP contribution in [-0.4, -0.2) is 23.8 Å². The van der Waals surface area contributed by atoms with Gasteiger partial charge in [0.15, 0.2) is 0 Å². The highest BCUT2D eigenvalue weighted by molar-refractivity contribution is 4.81. The molecule has 0 aromatic heterocycles. The molecule has 0 aliphatic rings. The summed E-state index contributed by atoms with van der Waals surface area (Å²) in [7, 11) is 1.86. The molecule has 0 saturated carbocycles. The van der Waals surface area contributed by atoms with E-state index in [-0.39, 0.29) is 6.04 Å². The fraction of sp³-hybridized carbons (Fsp3) is 1.00. The van der Waals surface area contributed by atoms with E-state index in [9.17, 15) is 5.11 Å². The van der Waals surface area contributed by atoms with Gasteiger partial charge in [0.05, 0.1) is 5.60 Å². The minimum Gasteiger partial charge on any atom is -0.389 e. The van der Waals surface area contributed by atoms with Crippen molar-refractivity contribution in [3.05, 3.63) is 0 Å². The molecule has 0 rings (SSSR count). The molecule has 56 valence electrons. The molecular weight excluding hydrogens is 114 g/mol. The molecule has 0 aliphatic carbocycles. The molecule has 2 atom stereocenters. The molecule has 0 amide bonds. The van der Waals surface area contributed by atoms with Crippen LogP contribution < -0.4 is 5.32 Å². The largest absolute Gasteiger partial charge is 0.389 e. The fourth-order valence-corrected chi connectivity index (χ4v) is 0.617. The lowest BCUT2D eigenvalue weighted by atomic mass is 9.95. The van der Waals surface area contributed by atoms with E-state index in [0.29, 0.717) is 0 Å². The molecule has 0 aromatic carbocycles. The third-order valence-electron chi connectivity index (χ3n) is 2.08. The minimum atomic E-state index is -0.561. The Labute approximate surface area is 57.3 Å². The zero-order chi connectivity index (χ0) is 7.49. The van der Waals surface area contributed by atoms with Crippen LogP contribution in [-0.2, 0) is 0 Å². The fourth-order valence-electron chi connectivity index (χ4n) is 0.617. The van der Waals surface area contributed by atoms with Crippen LogP contribution in [0.1, 0.15) is 27.2 Å². The molecule has 0 saturated heterocycles. The number of likely N-dealkylation sites (N-methyl/N-ethyl adjacent to an activating group) is 1. The molecule has 2 heteroatoms. The van der Waals surface area contributed by atoms with Crippen LogP contribution in [0.3, 0.4) is 0 Å². The van der Waals surface area contributed by atoms with Gasteiger partial charge in [0, 0.05) is 6.04 Å². The van der Waals surface area contributed by atoms with Gasteiger partial charge in [-0.05, 0) is 27.3 Å². The summed E-state index contributed by atoms with van der Waals surface area (Å²) in [6, 6.07) is 0.169. The quantitative estimate of drug-likeness (QED) is 0.592. The first-order chi connectivity index (χ1) is 4.04. The van der Waals surface area contributed by atoms with Crippen LogP contribution >= 0.6 is 0 Å². The van der Waals surface area contributed by atoms with E-state index in [0.717, 1.165) is 6.42 Å². The van der Waals surface area contributed by atoms with Gasteiger partial charge in [0.2, 0.25) is 0 Å². The topological polar surface area (TPSA) is 32.3 Å². The Morgan fingerprint density at radius 1 is 1.67 bits per heavy atom. The van der Waals surface area contributed by atoms with E-state index in [1.54, 1.807) is 0 Å². The highest BCUT2D eigenvalue weighted by Gasteiger charge is 2.23. The normalized spacial score (nSPS) is 21.0. The summed E-state index contributed by atoms with van der Waals surface area (Å²) >= 11 is 0. The van der Waals surface area contributed by atoms with Crippen molar-refractivity contribution in [1.82, 2.24) is 5.32 Å². The van der Waals surface area contributed by atoms with Crippen LogP contribution in [0.25, 0.3) is 0 Å². The van der Waals surface area contributed by atoms with Crippen molar-refractivity contribution >= 4 is 0 Å². The van der Waals surface area contributed by atoms with Crippen LogP contribution in [0.4, 0.5) is 0 Å². The van der Waals surface area contributed by atoms with E-state index in [1.807, 2.05) is 27.8 Å². The number of rotatable bonds is 3. The summed E-state index contributed by atoms with van der Waals surface area (Å²) in [5, 5.41) is 12.5. The summed E-state index contributed by atoms with van der Waals surface area (Å²) in [6.45, 7) is 5.80. The average Bonchev–Trinajstić information content (AvgIpc) is 1.86. The van der Waals surface area contributed by atoms with Crippen LogP contribution in [0.2, 0.25) is 0 Å². The minimum absolute atomic E-state index is 0.169. The van der Waals surface area contributed by atoms with Gasteiger partial charge in [-0.2, -0.15) is 0 Å². The van der Waals surface area contributed by atoms with Gasteiger partial charge in [0.1, 0.15) is 0 Å². The lowest BCUT2D eigenvalue weighted by molar-refractivity contribution is 0.0245. The van der Waals surface area contributed by atoms with Crippen molar-refractivity contribution in [2.75, 3.05) is 7.05 Å². The lowest BCUT2D eigenvalue weighted by Crippen LogP contribution is -2.44. The maximum Gasteiger partial charge on any atom is 0.0766 e. The van der Waals surface area contributed by atoms with Gasteiger partial charge < -0.3 is 10.4 Å². The molecule has 0 aromatic rings. The van der Waals surface area contributed by atoms with Crippen molar-refractivity contribution in [1.29, 1.82) is 0 Å². The number of nitrogens with one attached hydrogen (secondary N) is 1. The average molecular weight is 131 g/mol. The summed E-state index contributed by atoms with van der Waals surface area (Å²) in [4.78, 5) is 0. The molecule has 2 N–H and O–H groups in total. The van der Waals surface area contributed by atoms with Gasteiger partial charge in [-0.15, -0.1) is 0 Å². The Bertz CT molecular complexity index is 81.0. The SMILES string of the molecule is CCC(C)(O)C(C)NC. The summed E-state index contributed by atoms with van der Waals surface area (Å²) < 4.78 is 0. The first-order valence-corrected chi connectivity index (χ1v) is 3.44. The first-order valence-electron chi connectivity index (χ1n) is 3.44. The van der Waals surface area contributed by atoms with Gasteiger partial charge in [-0.3, -0.25) is 0 Å². The second-order valence-corrected chi connectivity index (χ2v) is 2.72. The zero-order valence-corrected chi connectivity index (χ0v) is 6.73. The standard InChI is InChI=1S/C7H17NO/c1-5-7(3,9)6(2)8-4/h6,8-9H,5H2,1-4H3. The van der Waals surface area contributed by atoms with Gasteiger partial charge >= 0.3 is 0 Å². The van der Waals surface area contributed by atoms with Crippen molar-refractivity contribution in [3.63, 3.8) is 0 Å². The monoisotopic (exact) mass is 131 g/mol. The van der Waals surface area contributed by atoms with E-state index in [4.69, 9.17) is 0 Å². The number of hydrogen-bond acceptors (Lipinski definition) is 2. The van der Waals surface area contributed by atoms with E-state index < -0.39 is 5.60 Å². The zero-order valence-electron chi connectivity index (χ0n) is 6.73. The highest BCUT2D eigenvalue weighted by atomic mass is 16.3. The van der Waals surface area contributed by atoms with Gasteiger partial charge in [-0.25, -0.2) is 0 Å². The van der Waals surface area contributed by atoms with Crippen molar-refractivity contribution in [2.24, 2.45) is 0 Å². The predicted molar refractivity (Wildman–Crippen MR) is 39.4 cm³/mol. The third kappa shape index (κ3) is 2.33. The smallest absolute Gasteiger partial charge is 0.0766 e. The van der Waals surface area contributed by atoms with Crippen molar-refractivity contribution < 1.29 is 5.11 Å². The van der Waals surface area contributed by atoms with E-state index >= 15 is 0 Å². The summed E-state index contributed by atoms with van der Waals surface area (Å²) in [5.41, 5.74) is -0.561. The molecule has 0 heterocycles. The van der Waals surface area contributed by atoms with Gasteiger partial charge in [0.25, 0.3) is 0 Å². The number of aliphatic hydroxyl groups is 1. The molecule has 0 aliphatic heterocycles.